The van der Waals surface area contributed by atoms with Gasteiger partial charge < -0.3 is 10.5 Å². The van der Waals surface area contributed by atoms with Gasteiger partial charge in [-0.2, -0.15) is 0 Å². The van der Waals surface area contributed by atoms with Crippen LogP contribution in [0.25, 0.3) is 0 Å². The molecular weight excluding hydrogens is 353 g/mol. The van der Waals surface area contributed by atoms with E-state index in [4.69, 9.17) is 10.5 Å². The topological polar surface area (TPSA) is 52.3 Å². The number of rotatable bonds is 5. The molecule has 3 nitrogen and oxygen atoms in total. The van der Waals surface area contributed by atoms with Gasteiger partial charge in [0.05, 0.1) is 6.10 Å². The molecule has 4 heteroatoms. The molecule has 1 amide bonds. The third-order valence-corrected chi connectivity index (χ3v) is 5.26. The first-order valence-electron chi connectivity index (χ1n) is 7.08. The number of carbonyl (C=O) groups excluding carboxylic acids is 1. The van der Waals surface area contributed by atoms with Crippen LogP contribution in [0.5, 0.6) is 0 Å². The fourth-order valence-corrected chi connectivity index (χ4v) is 3.38. The maximum Gasteiger partial charge on any atom is 0.241 e. The van der Waals surface area contributed by atoms with Crippen LogP contribution in [0.15, 0.2) is 11.6 Å². The highest BCUT2D eigenvalue weighted by Crippen LogP contribution is 2.37. The van der Waals surface area contributed by atoms with E-state index in [1.807, 2.05) is 6.92 Å². The Balaban J connectivity index is 2.68. The van der Waals surface area contributed by atoms with Crippen molar-refractivity contribution in [2.24, 2.45) is 23.5 Å². The Bertz CT molecular complexity index is 341. The molecule has 0 spiro atoms. The van der Waals surface area contributed by atoms with E-state index in [-0.39, 0.29) is 4.11 Å². The van der Waals surface area contributed by atoms with Crippen molar-refractivity contribution in [2.45, 2.75) is 57.2 Å². The molecule has 0 aromatic rings. The van der Waals surface area contributed by atoms with Crippen molar-refractivity contribution >= 4 is 28.5 Å². The molecule has 0 radical (unpaired) electrons. The first kappa shape index (κ1) is 17.0. The summed E-state index contributed by atoms with van der Waals surface area (Å²) in [6.45, 7) is 8.73. The summed E-state index contributed by atoms with van der Waals surface area (Å²) in [6, 6.07) is 0. The molecule has 4 unspecified atom stereocenters. The van der Waals surface area contributed by atoms with Gasteiger partial charge in [-0.25, -0.2) is 0 Å². The number of halogens is 1. The molecule has 0 heterocycles. The molecular formula is C15H26INO2. The highest BCUT2D eigenvalue weighted by Gasteiger charge is 2.32. The number of nitrogens with two attached hydrogens (primary N) is 1. The van der Waals surface area contributed by atoms with E-state index in [1.54, 1.807) is 0 Å². The molecule has 2 N–H and O–H groups in total. The maximum absolute atomic E-state index is 10.9. The number of hydrogen-bond donors (Lipinski definition) is 1. The predicted molar refractivity (Wildman–Crippen MR) is 87.0 cm³/mol. The minimum absolute atomic E-state index is 0.0679. The molecule has 110 valence electrons. The Kier molecular flexibility index (Phi) is 6.80. The van der Waals surface area contributed by atoms with Crippen LogP contribution in [0.4, 0.5) is 0 Å². The molecule has 1 fully saturated rings. The zero-order valence-corrected chi connectivity index (χ0v) is 14.5. The van der Waals surface area contributed by atoms with Gasteiger partial charge in [-0.05, 0) is 65.7 Å². The minimum Gasteiger partial charge on any atom is -0.366 e. The maximum atomic E-state index is 10.9. The molecule has 1 aliphatic rings. The van der Waals surface area contributed by atoms with Gasteiger partial charge in [0.25, 0.3) is 0 Å². The van der Waals surface area contributed by atoms with Crippen molar-refractivity contribution in [1.82, 2.24) is 0 Å². The van der Waals surface area contributed by atoms with Gasteiger partial charge >= 0.3 is 0 Å². The van der Waals surface area contributed by atoms with Gasteiger partial charge in [-0.3, -0.25) is 4.79 Å². The molecule has 0 aliphatic heterocycles. The van der Waals surface area contributed by atoms with Crippen LogP contribution in [0.1, 0.15) is 47.0 Å². The third kappa shape index (κ3) is 5.42. The van der Waals surface area contributed by atoms with Gasteiger partial charge in [-0.15, -0.1) is 0 Å². The monoisotopic (exact) mass is 379 g/mol. The molecule has 0 bridgehead atoms. The summed E-state index contributed by atoms with van der Waals surface area (Å²) in [4.78, 5) is 10.9. The lowest BCUT2D eigenvalue weighted by atomic mass is 9.75. The highest BCUT2D eigenvalue weighted by molar-refractivity contribution is 14.1. The SMILES string of the molecule is C/C(=C\C(N)=O)C(I)OC1CC(C)CCC1C(C)C. The average Bonchev–Trinajstić information content (AvgIpc) is 2.27. The van der Waals surface area contributed by atoms with Crippen molar-refractivity contribution in [3.05, 3.63) is 11.6 Å². The van der Waals surface area contributed by atoms with E-state index in [0.29, 0.717) is 17.9 Å². The number of amides is 1. The predicted octanol–water partition coefficient (Wildman–Crippen LogP) is 3.66. The molecule has 0 aromatic heterocycles. The molecule has 0 saturated heterocycles. The van der Waals surface area contributed by atoms with Crippen molar-refractivity contribution in [2.75, 3.05) is 0 Å². The van der Waals surface area contributed by atoms with E-state index in [2.05, 4.69) is 43.4 Å². The Hall–Kier alpha value is -0.100. The van der Waals surface area contributed by atoms with Gasteiger partial charge in [0.15, 0.2) is 0 Å². The highest BCUT2D eigenvalue weighted by atomic mass is 127. The third-order valence-electron chi connectivity index (χ3n) is 3.98. The summed E-state index contributed by atoms with van der Waals surface area (Å²) in [5.41, 5.74) is 6.08. The molecule has 1 saturated carbocycles. The summed E-state index contributed by atoms with van der Waals surface area (Å²) in [5, 5.41) is 0. The number of carbonyl (C=O) groups is 1. The molecule has 4 atom stereocenters. The van der Waals surface area contributed by atoms with E-state index in [9.17, 15) is 4.79 Å². The van der Waals surface area contributed by atoms with Crippen LogP contribution in [0.3, 0.4) is 0 Å². The Labute approximate surface area is 130 Å². The number of ether oxygens (including phenoxy) is 1. The first-order valence-corrected chi connectivity index (χ1v) is 8.33. The normalized spacial score (nSPS) is 30.4. The number of hydrogen-bond acceptors (Lipinski definition) is 2. The quantitative estimate of drug-likeness (QED) is 0.450. The summed E-state index contributed by atoms with van der Waals surface area (Å²) in [6.07, 6.45) is 5.41. The van der Waals surface area contributed by atoms with Gasteiger partial charge in [0, 0.05) is 6.08 Å². The zero-order valence-electron chi connectivity index (χ0n) is 12.4. The fraction of sp³-hybridized carbons (Fsp3) is 0.800. The van der Waals surface area contributed by atoms with Gasteiger partial charge in [0.2, 0.25) is 5.91 Å². The fourth-order valence-electron chi connectivity index (χ4n) is 2.82. The average molecular weight is 379 g/mol. The second-order valence-corrected chi connectivity index (χ2v) is 7.24. The van der Waals surface area contributed by atoms with Crippen molar-refractivity contribution < 1.29 is 9.53 Å². The van der Waals surface area contributed by atoms with Crippen molar-refractivity contribution in [1.29, 1.82) is 0 Å². The summed E-state index contributed by atoms with van der Waals surface area (Å²) in [7, 11) is 0. The minimum atomic E-state index is -0.403. The number of alkyl halides is 1. The molecule has 19 heavy (non-hydrogen) atoms. The summed E-state index contributed by atoms with van der Waals surface area (Å²) >= 11 is 2.25. The van der Waals surface area contributed by atoms with Crippen LogP contribution in [-0.2, 0) is 9.53 Å². The van der Waals surface area contributed by atoms with Crippen molar-refractivity contribution in [3.8, 4) is 0 Å². The van der Waals surface area contributed by atoms with Crippen LogP contribution in [0, 0.1) is 17.8 Å². The summed E-state index contributed by atoms with van der Waals surface area (Å²) in [5.74, 6) is 1.58. The summed E-state index contributed by atoms with van der Waals surface area (Å²) < 4.78 is 6.14. The van der Waals surface area contributed by atoms with Crippen molar-refractivity contribution in [3.63, 3.8) is 0 Å². The Morgan fingerprint density at radius 1 is 1.42 bits per heavy atom. The molecule has 0 aromatic carbocycles. The lowest BCUT2D eigenvalue weighted by Gasteiger charge is -2.38. The number of primary amides is 1. The van der Waals surface area contributed by atoms with E-state index >= 15 is 0 Å². The van der Waals surface area contributed by atoms with Gasteiger partial charge in [0.1, 0.15) is 4.11 Å². The standard InChI is InChI=1S/C15H26INO2/c1-9(2)12-6-5-10(3)7-13(12)19-15(16)11(4)8-14(17)18/h8-10,12-13,15H,5-7H2,1-4H3,(H2,17,18)/b11-8+. The molecule has 1 rings (SSSR count). The molecule has 1 aliphatic carbocycles. The largest absolute Gasteiger partial charge is 0.366 e. The van der Waals surface area contributed by atoms with E-state index < -0.39 is 5.91 Å². The van der Waals surface area contributed by atoms with E-state index in [0.717, 1.165) is 17.9 Å². The van der Waals surface area contributed by atoms with Gasteiger partial charge in [-0.1, -0.05) is 27.2 Å². The van der Waals surface area contributed by atoms with Crippen LogP contribution >= 0.6 is 22.6 Å². The Morgan fingerprint density at radius 2 is 2.05 bits per heavy atom. The van der Waals surface area contributed by atoms with E-state index in [1.165, 1.54) is 18.9 Å². The zero-order chi connectivity index (χ0) is 14.6. The lowest BCUT2D eigenvalue weighted by Crippen LogP contribution is -2.36. The second-order valence-electron chi connectivity index (χ2n) is 6.11. The van der Waals surface area contributed by atoms with Crippen LogP contribution in [0.2, 0.25) is 0 Å². The lowest BCUT2D eigenvalue weighted by molar-refractivity contribution is -0.113. The van der Waals surface area contributed by atoms with Crippen LogP contribution < -0.4 is 5.73 Å². The van der Waals surface area contributed by atoms with Crippen LogP contribution in [-0.4, -0.2) is 16.1 Å². The Morgan fingerprint density at radius 3 is 2.58 bits per heavy atom. The smallest absolute Gasteiger partial charge is 0.241 e. The second kappa shape index (κ2) is 7.62. The first-order chi connectivity index (χ1) is 8.81.